The zero-order valence-corrected chi connectivity index (χ0v) is 34.8. The Balaban J connectivity index is 1.23. The molecule has 5 atom stereocenters. The third-order valence-electron chi connectivity index (χ3n) is 11.8. The van der Waals surface area contributed by atoms with Crippen molar-refractivity contribution in [2.75, 3.05) is 20.3 Å². The second-order valence-electron chi connectivity index (χ2n) is 16.2. The number of amides is 2. The Morgan fingerprint density at radius 2 is 1.83 bits per heavy atom. The molecule has 1 N–H and O–H groups in total. The summed E-state index contributed by atoms with van der Waals surface area (Å²) >= 11 is 1.34. The summed E-state index contributed by atoms with van der Waals surface area (Å²) in [6.07, 6.45) is 2.33. The van der Waals surface area contributed by atoms with E-state index in [0.717, 1.165) is 17.7 Å². The molecule has 0 unspecified atom stereocenters. The highest BCUT2D eigenvalue weighted by Crippen LogP contribution is 2.57. The van der Waals surface area contributed by atoms with Crippen LogP contribution in [0, 0.1) is 31.1 Å². The lowest BCUT2D eigenvalue weighted by Gasteiger charge is -2.29. The SMILES string of the molecule is COc1ccc2c(O[C@@H]3C[C@H]4C(=O)C[C@]5(C(=O)NS(=O)(=O)C6CC6)C[C@H]5/C=C\CCCCC[C@H](CC(=O)c5ccc(C)s5)C(=O)N4C3)cc(OCC(F)(F)F)nc2c1C. The van der Waals surface area contributed by atoms with Crippen LogP contribution in [0.25, 0.3) is 10.9 Å². The smallest absolute Gasteiger partial charge is 0.422 e. The molecule has 17 heteroatoms. The fourth-order valence-corrected chi connectivity index (χ4v) is 10.5. The summed E-state index contributed by atoms with van der Waals surface area (Å²) in [6, 6.07) is 7.03. The third-order valence-corrected chi connectivity index (χ3v) is 14.7. The number of hydrogen-bond donors (Lipinski definition) is 1. The first kappa shape index (κ1) is 42.6. The maximum absolute atomic E-state index is 14.8. The Kier molecular flexibility index (Phi) is 12.2. The van der Waals surface area contributed by atoms with Gasteiger partial charge in [0.2, 0.25) is 27.7 Å². The van der Waals surface area contributed by atoms with Gasteiger partial charge in [0.15, 0.2) is 18.2 Å². The van der Waals surface area contributed by atoms with Crippen molar-refractivity contribution in [2.45, 2.75) is 108 Å². The predicted molar refractivity (Wildman–Crippen MR) is 213 cm³/mol. The number of benzene rings is 1. The van der Waals surface area contributed by atoms with E-state index in [1.807, 2.05) is 25.1 Å². The van der Waals surface area contributed by atoms with Crippen LogP contribution in [0.15, 0.2) is 42.5 Å². The van der Waals surface area contributed by atoms with Gasteiger partial charge >= 0.3 is 6.18 Å². The van der Waals surface area contributed by atoms with Crippen LogP contribution >= 0.6 is 11.3 Å². The number of carbonyl (C=O) groups is 4. The molecular weight excluding hydrogens is 812 g/mol. The number of methoxy groups -OCH3 is 1. The van der Waals surface area contributed by atoms with Gasteiger partial charge in [-0.1, -0.05) is 25.0 Å². The molecule has 7 rings (SSSR count). The second kappa shape index (κ2) is 16.9. The van der Waals surface area contributed by atoms with Crippen LogP contribution in [0.2, 0.25) is 0 Å². The minimum atomic E-state index is -4.65. The maximum atomic E-state index is 14.8. The van der Waals surface area contributed by atoms with Gasteiger partial charge < -0.3 is 19.1 Å². The van der Waals surface area contributed by atoms with E-state index < -0.39 is 69.1 Å². The van der Waals surface area contributed by atoms with E-state index in [1.54, 1.807) is 25.1 Å². The molecule has 0 spiro atoms. The summed E-state index contributed by atoms with van der Waals surface area (Å²) in [5, 5.41) is -0.222. The van der Waals surface area contributed by atoms with Gasteiger partial charge in [-0.25, -0.2) is 13.4 Å². The fraction of sp³-hybridized carbons (Fsp3) is 0.548. The van der Waals surface area contributed by atoms with Crippen molar-refractivity contribution < 1.29 is 55.0 Å². The Hall–Kier alpha value is -4.51. The molecule has 3 aromatic rings. The number of carbonyl (C=O) groups excluding carboxylic acids is 4. The molecule has 3 fully saturated rings. The fourth-order valence-electron chi connectivity index (χ4n) is 8.31. The van der Waals surface area contributed by atoms with Gasteiger partial charge in [0.1, 0.15) is 17.6 Å². The van der Waals surface area contributed by atoms with Crippen LogP contribution in [0.1, 0.15) is 90.7 Å². The average Bonchev–Trinajstić information content (AvgIpc) is 4.07. The van der Waals surface area contributed by atoms with E-state index in [9.17, 15) is 40.8 Å². The number of aryl methyl sites for hydroxylation is 2. The number of hydrogen-bond acceptors (Lipinski definition) is 11. The molecule has 0 bridgehead atoms. The van der Waals surface area contributed by atoms with Gasteiger partial charge in [0.25, 0.3) is 0 Å². The highest BCUT2D eigenvalue weighted by atomic mass is 32.2. The third kappa shape index (κ3) is 9.61. The van der Waals surface area contributed by atoms with Crippen LogP contribution in [0.4, 0.5) is 13.2 Å². The number of nitrogens with zero attached hydrogens (tertiary/aromatic N) is 2. The zero-order valence-electron chi connectivity index (χ0n) is 33.1. The number of nitrogens with one attached hydrogen (secondary N) is 1. The normalized spacial score (nSPS) is 26.0. The molecule has 0 radical (unpaired) electrons. The number of pyridine rings is 1. The van der Waals surface area contributed by atoms with Crippen LogP contribution in [-0.2, 0) is 24.4 Å². The first-order valence-corrected chi connectivity index (χ1v) is 22.3. The molecule has 59 heavy (non-hydrogen) atoms. The van der Waals surface area contributed by atoms with Crippen molar-refractivity contribution in [1.82, 2.24) is 14.6 Å². The van der Waals surface area contributed by atoms with Crippen molar-refractivity contribution in [1.29, 1.82) is 0 Å². The number of ether oxygens (including phenoxy) is 3. The topological polar surface area (TPSA) is 158 Å². The Bertz CT molecular complexity index is 2270. The molecule has 12 nitrogen and oxygen atoms in total. The van der Waals surface area contributed by atoms with Crippen LogP contribution in [0.3, 0.4) is 0 Å². The van der Waals surface area contributed by atoms with Crippen molar-refractivity contribution in [3.63, 3.8) is 0 Å². The first-order chi connectivity index (χ1) is 28.0. The largest absolute Gasteiger partial charge is 0.496 e. The molecule has 2 aromatic heterocycles. The molecular formula is C42H48F3N3O9S2. The Morgan fingerprint density at radius 3 is 2.53 bits per heavy atom. The standard InChI is InChI=1S/C42H48F3N3O9S2/c1-24-11-16-36(58-24)32(49)17-26-9-7-5-4-6-8-10-27-20-41(27,40(52)47-59(53,54)29-12-13-29)21-33(50)31-18-28(22-48(31)39(26)51)57-35-19-37(56-23-42(43,44)45)46-38-25(2)34(55-3)15-14-30(35)38/h8,10-11,14-16,19,26-29,31H,4-7,9,12-13,17-18,20-23H2,1-3H3,(H,47,52)/b10-8-/t26-,27-,28-,31+,41-/m1/s1. The summed E-state index contributed by atoms with van der Waals surface area (Å²) in [5.74, 6) is -2.77. The second-order valence-corrected chi connectivity index (χ2v) is 19.5. The molecule has 1 aromatic carbocycles. The number of allylic oxidation sites excluding steroid dienone is 2. The van der Waals surface area contributed by atoms with Gasteiger partial charge in [-0.05, 0) is 82.6 Å². The minimum absolute atomic E-state index is 0.0361. The van der Waals surface area contributed by atoms with E-state index >= 15 is 0 Å². The van der Waals surface area contributed by atoms with Crippen molar-refractivity contribution in [3.05, 3.63) is 57.8 Å². The lowest BCUT2D eigenvalue weighted by molar-refractivity contribution is -0.154. The summed E-state index contributed by atoms with van der Waals surface area (Å²) in [7, 11) is -2.47. The summed E-state index contributed by atoms with van der Waals surface area (Å²) in [4.78, 5) is 64.0. The highest BCUT2D eigenvalue weighted by Gasteiger charge is 2.61. The number of thiophene rings is 1. The quantitative estimate of drug-likeness (QED) is 0.155. The highest BCUT2D eigenvalue weighted by molar-refractivity contribution is 7.90. The number of aromatic nitrogens is 1. The molecule has 2 saturated carbocycles. The summed E-state index contributed by atoms with van der Waals surface area (Å²) in [5.41, 5.74) is -0.549. The van der Waals surface area contributed by atoms with Gasteiger partial charge in [0.05, 0.1) is 40.8 Å². The minimum Gasteiger partial charge on any atom is -0.496 e. The van der Waals surface area contributed by atoms with Crippen molar-refractivity contribution >= 4 is 55.6 Å². The lowest BCUT2D eigenvalue weighted by atomic mass is 9.90. The van der Waals surface area contributed by atoms with Crippen LogP contribution in [0.5, 0.6) is 17.4 Å². The van der Waals surface area contributed by atoms with E-state index in [1.165, 1.54) is 29.4 Å². The van der Waals surface area contributed by atoms with Crippen LogP contribution < -0.4 is 18.9 Å². The van der Waals surface area contributed by atoms with Crippen molar-refractivity contribution in [3.8, 4) is 17.4 Å². The molecule has 2 aliphatic carbocycles. The number of alkyl halides is 3. The van der Waals surface area contributed by atoms with E-state index in [-0.39, 0.29) is 61.1 Å². The molecule has 2 aliphatic heterocycles. The monoisotopic (exact) mass is 859 g/mol. The first-order valence-electron chi connectivity index (χ1n) is 20.0. The predicted octanol–water partition coefficient (Wildman–Crippen LogP) is 7.19. The van der Waals surface area contributed by atoms with Gasteiger partial charge in [0, 0.05) is 47.1 Å². The molecule has 4 heterocycles. The zero-order chi connectivity index (χ0) is 42.3. The van der Waals surface area contributed by atoms with Crippen molar-refractivity contribution in [2.24, 2.45) is 17.3 Å². The van der Waals surface area contributed by atoms with Crippen LogP contribution in [-0.4, -0.2) is 85.5 Å². The van der Waals surface area contributed by atoms with E-state index in [0.29, 0.717) is 53.7 Å². The number of sulfonamides is 1. The molecule has 318 valence electrons. The lowest BCUT2D eigenvalue weighted by Crippen LogP contribution is -2.46. The molecule has 2 amide bonds. The summed E-state index contributed by atoms with van der Waals surface area (Å²) in [6.45, 7) is 1.87. The van der Waals surface area contributed by atoms with Gasteiger partial charge in [-0.3, -0.25) is 23.9 Å². The van der Waals surface area contributed by atoms with Gasteiger partial charge in [-0.15, -0.1) is 11.3 Å². The Labute approximate surface area is 344 Å². The number of fused-ring (bicyclic) bond motifs is 3. The van der Waals surface area contributed by atoms with E-state index in [2.05, 4.69) is 9.71 Å². The average molecular weight is 860 g/mol. The summed E-state index contributed by atoms with van der Waals surface area (Å²) < 4.78 is 84.8. The van der Waals surface area contributed by atoms with E-state index in [4.69, 9.17) is 14.2 Å². The Morgan fingerprint density at radius 1 is 1.05 bits per heavy atom. The number of ketones is 2. The maximum Gasteiger partial charge on any atom is 0.422 e. The number of halogens is 3. The molecule has 4 aliphatic rings. The number of Topliss-reactive ketones (excluding diaryl/α,β-unsaturated/α-hetero) is 2. The van der Waals surface area contributed by atoms with Gasteiger partial charge in [-0.2, -0.15) is 13.2 Å². The molecule has 1 saturated heterocycles. The number of rotatable bonds is 11.